The lowest BCUT2D eigenvalue weighted by Crippen LogP contribution is -2.18. The normalized spacial score (nSPS) is 9.78. The summed E-state index contributed by atoms with van der Waals surface area (Å²) >= 11 is 0. The molecule has 0 unspecified atom stereocenters. The molecular formula is C10H9N5O3. The van der Waals surface area contributed by atoms with Gasteiger partial charge >= 0.3 is 11.2 Å². The molecule has 1 heterocycles. The highest BCUT2D eigenvalue weighted by molar-refractivity contribution is 5.57. The van der Waals surface area contributed by atoms with E-state index < -0.39 is 16.2 Å². The van der Waals surface area contributed by atoms with E-state index in [-0.39, 0.29) is 5.82 Å². The summed E-state index contributed by atoms with van der Waals surface area (Å²) in [6.07, 6.45) is 1.09. The second-order valence-corrected chi connectivity index (χ2v) is 3.30. The number of benzene rings is 1. The highest BCUT2D eigenvalue weighted by Gasteiger charge is 2.20. The number of rotatable bonds is 4. The minimum Gasteiger partial charge on any atom is -0.307 e. The number of nitro groups is 1. The smallest absolute Gasteiger partial charge is 0.307 e. The van der Waals surface area contributed by atoms with E-state index >= 15 is 0 Å². The largest absolute Gasteiger partial charge is 0.377 e. The predicted octanol–water partition coefficient (Wildman–Crippen LogP) is 1.12. The minimum atomic E-state index is -0.813. The summed E-state index contributed by atoms with van der Waals surface area (Å²) in [5.41, 5.74) is 4.48. The van der Waals surface area contributed by atoms with Crippen molar-refractivity contribution in [1.29, 1.82) is 0 Å². The van der Waals surface area contributed by atoms with E-state index in [0.717, 1.165) is 6.33 Å². The Morgan fingerprint density at radius 2 is 1.94 bits per heavy atom. The first-order valence-electron chi connectivity index (χ1n) is 4.97. The number of aromatic nitrogens is 2. The molecule has 0 aliphatic carbocycles. The fourth-order valence-electron chi connectivity index (χ4n) is 1.31. The molecule has 2 aromatic rings. The van der Waals surface area contributed by atoms with Gasteiger partial charge in [0.25, 0.3) is 0 Å². The lowest BCUT2D eigenvalue weighted by molar-refractivity contribution is -0.385. The fourth-order valence-corrected chi connectivity index (χ4v) is 1.31. The number of hydrogen-bond acceptors (Lipinski definition) is 6. The topological polar surface area (TPSA) is 113 Å². The number of hydrogen-bond donors (Lipinski definition) is 3. The Morgan fingerprint density at radius 3 is 2.61 bits per heavy atom. The highest BCUT2D eigenvalue weighted by Crippen LogP contribution is 2.15. The number of hydrazine groups is 1. The van der Waals surface area contributed by atoms with Gasteiger partial charge in [0.05, 0.1) is 16.9 Å². The van der Waals surface area contributed by atoms with Crippen molar-refractivity contribution in [1.82, 2.24) is 9.97 Å². The van der Waals surface area contributed by atoms with Crippen LogP contribution in [0.25, 0.3) is 0 Å². The molecule has 2 rings (SSSR count). The van der Waals surface area contributed by atoms with Crippen LogP contribution in [-0.4, -0.2) is 14.9 Å². The van der Waals surface area contributed by atoms with Gasteiger partial charge in [0.2, 0.25) is 5.82 Å². The van der Waals surface area contributed by atoms with Crippen molar-refractivity contribution < 1.29 is 4.92 Å². The zero-order valence-corrected chi connectivity index (χ0v) is 9.08. The Balaban J connectivity index is 2.22. The monoisotopic (exact) mass is 247 g/mol. The van der Waals surface area contributed by atoms with Gasteiger partial charge in [-0.1, -0.05) is 18.2 Å². The molecule has 92 valence electrons. The Bertz CT molecular complexity index is 610. The molecule has 3 N–H and O–H groups in total. The van der Waals surface area contributed by atoms with Crippen LogP contribution < -0.4 is 16.4 Å². The quantitative estimate of drug-likeness (QED) is 0.551. The maximum atomic E-state index is 11.3. The molecule has 8 nitrogen and oxygen atoms in total. The first-order chi connectivity index (χ1) is 8.68. The minimum absolute atomic E-state index is 0.146. The molecule has 0 bridgehead atoms. The van der Waals surface area contributed by atoms with Crippen molar-refractivity contribution in [2.45, 2.75) is 0 Å². The van der Waals surface area contributed by atoms with Gasteiger partial charge in [-0.25, -0.2) is 4.98 Å². The summed E-state index contributed by atoms with van der Waals surface area (Å²) in [5.74, 6) is -0.146. The number of H-pyrrole nitrogens is 1. The van der Waals surface area contributed by atoms with Gasteiger partial charge in [0.1, 0.15) is 0 Å². The zero-order chi connectivity index (χ0) is 13.0. The standard InChI is InChI=1S/C10H9N5O3/c16-10-8(15(17)18)9(11-6-12-10)14-13-7-4-2-1-3-5-7/h1-6,13H,(H2,11,12,14,16). The number of para-hydroxylation sites is 1. The Kier molecular flexibility index (Phi) is 3.19. The second-order valence-electron chi connectivity index (χ2n) is 3.30. The molecule has 0 saturated heterocycles. The molecule has 0 atom stereocenters. The molecule has 1 aromatic carbocycles. The molecule has 0 spiro atoms. The third-order valence-electron chi connectivity index (χ3n) is 2.11. The average Bonchev–Trinajstić information content (AvgIpc) is 2.37. The van der Waals surface area contributed by atoms with Crippen LogP contribution in [0, 0.1) is 10.1 Å². The maximum absolute atomic E-state index is 11.3. The van der Waals surface area contributed by atoms with Crippen molar-refractivity contribution in [3.63, 3.8) is 0 Å². The van der Waals surface area contributed by atoms with Crippen LogP contribution in [0.15, 0.2) is 41.5 Å². The van der Waals surface area contributed by atoms with Gasteiger partial charge in [-0.15, -0.1) is 0 Å². The van der Waals surface area contributed by atoms with E-state index in [1.807, 2.05) is 6.07 Å². The SMILES string of the molecule is O=c1[nH]cnc(NNc2ccccc2)c1[N+](=O)[O-]. The van der Waals surface area contributed by atoms with Crippen LogP contribution in [0.3, 0.4) is 0 Å². The predicted molar refractivity (Wildman–Crippen MR) is 65.2 cm³/mol. The van der Waals surface area contributed by atoms with Crippen molar-refractivity contribution in [3.8, 4) is 0 Å². The first-order valence-corrected chi connectivity index (χ1v) is 4.97. The second kappa shape index (κ2) is 4.95. The average molecular weight is 247 g/mol. The summed E-state index contributed by atoms with van der Waals surface area (Å²) in [6, 6.07) is 8.93. The first kappa shape index (κ1) is 11.6. The lowest BCUT2D eigenvalue weighted by atomic mass is 10.3. The number of nitrogens with one attached hydrogen (secondary N) is 3. The van der Waals surface area contributed by atoms with Gasteiger partial charge in [0, 0.05) is 0 Å². The van der Waals surface area contributed by atoms with Crippen LogP contribution in [-0.2, 0) is 0 Å². The number of aromatic amines is 1. The van der Waals surface area contributed by atoms with Gasteiger partial charge in [-0.3, -0.25) is 25.8 Å². The molecule has 1 aromatic heterocycles. The summed E-state index contributed by atoms with van der Waals surface area (Å²) in [6.45, 7) is 0. The van der Waals surface area contributed by atoms with Gasteiger partial charge in [-0.05, 0) is 12.1 Å². The highest BCUT2D eigenvalue weighted by atomic mass is 16.6. The van der Waals surface area contributed by atoms with Crippen LogP contribution in [0.5, 0.6) is 0 Å². The molecule has 8 heteroatoms. The Labute approximate surface area is 101 Å². The Morgan fingerprint density at radius 1 is 1.22 bits per heavy atom. The molecule has 0 radical (unpaired) electrons. The van der Waals surface area contributed by atoms with E-state index in [4.69, 9.17) is 0 Å². The van der Waals surface area contributed by atoms with Crippen LogP contribution >= 0.6 is 0 Å². The van der Waals surface area contributed by atoms with Crippen LogP contribution in [0.4, 0.5) is 17.2 Å². The molecule has 0 fully saturated rings. The Hall–Kier alpha value is -2.90. The molecule has 0 amide bonds. The van der Waals surface area contributed by atoms with Crippen molar-refractivity contribution in [2.24, 2.45) is 0 Å². The van der Waals surface area contributed by atoms with Crippen molar-refractivity contribution in [3.05, 3.63) is 57.1 Å². The fraction of sp³-hybridized carbons (Fsp3) is 0. The van der Waals surface area contributed by atoms with Crippen molar-refractivity contribution in [2.75, 3.05) is 10.9 Å². The van der Waals surface area contributed by atoms with Crippen LogP contribution in [0.1, 0.15) is 0 Å². The molecule has 0 aliphatic heterocycles. The van der Waals surface area contributed by atoms with Crippen molar-refractivity contribution >= 4 is 17.2 Å². The van der Waals surface area contributed by atoms with Gasteiger partial charge < -0.3 is 4.98 Å². The molecule has 18 heavy (non-hydrogen) atoms. The van der Waals surface area contributed by atoms with Gasteiger partial charge in [-0.2, -0.15) is 0 Å². The number of anilines is 2. The van der Waals surface area contributed by atoms with E-state index in [1.165, 1.54) is 0 Å². The van der Waals surface area contributed by atoms with Crippen LogP contribution in [0.2, 0.25) is 0 Å². The van der Waals surface area contributed by atoms with Gasteiger partial charge in [0.15, 0.2) is 0 Å². The molecule has 0 aliphatic rings. The van der Waals surface area contributed by atoms with E-state index in [0.29, 0.717) is 5.69 Å². The lowest BCUT2D eigenvalue weighted by Gasteiger charge is -2.07. The third kappa shape index (κ3) is 2.43. The summed E-state index contributed by atoms with van der Waals surface area (Å²) in [5, 5.41) is 10.7. The number of nitrogens with zero attached hydrogens (tertiary/aromatic N) is 2. The molecular weight excluding hydrogens is 238 g/mol. The summed E-state index contributed by atoms with van der Waals surface area (Å²) in [7, 11) is 0. The molecule has 0 saturated carbocycles. The maximum Gasteiger partial charge on any atom is 0.377 e. The van der Waals surface area contributed by atoms with E-state index in [2.05, 4.69) is 20.8 Å². The summed E-state index contributed by atoms with van der Waals surface area (Å²) < 4.78 is 0. The zero-order valence-electron chi connectivity index (χ0n) is 9.08. The third-order valence-corrected chi connectivity index (χ3v) is 2.11. The van der Waals surface area contributed by atoms with E-state index in [1.54, 1.807) is 24.3 Å². The summed E-state index contributed by atoms with van der Waals surface area (Å²) in [4.78, 5) is 27.1. The van der Waals surface area contributed by atoms with E-state index in [9.17, 15) is 14.9 Å².